The van der Waals surface area contributed by atoms with Crippen molar-refractivity contribution in [1.82, 2.24) is 0 Å². The molecule has 0 aromatic heterocycles. The number of benzene rings is 1. The number of carbonyl (C=O) groups is 1. The number of hydrogen-bond donors (Lipinski definition) is 1. The summed E-state index contributed by atoms with van der Waals surface area (Å²) in [6.45, 7) is 1.73. The van der Waals surface area contributed by atoms with Crippen molar-refractivity contribution in [3.05, 3.63) is 41.2 Å². The molecule has 22 heavy (non-hydrogen) atoms. The lowest BCUT2D eigenvalue weighted by Crippen LogP contribution is -2.13. The number of esters is 1. The van der Waals surface area contributed by atoms with Gasteiger partial charge in [-0.15, -0.1) is 0 Å². The number of rotatable bonds is 3. The molecule has 0 saturated heterocycles. The fourth-order valence-electron chi connectivity index (χ4n) is 1.77. The zero-order valence-corrected chi connectivity index (χ0v) is 12.3. The standard InChI is InChI=1S/C14H12F3NO3S/c1-2-21-13(20)11-10(19)7-22-12(11)18-9-5-3-4-8(6-9)14(15,16)17/h3-6,19H,2,7H2,1H3. The molecule has 2 rings (SSSR count). The van der Waals surface area contributed by atoms with Crippen LogP contribution in [-0.4, -0.2) is 28.5 Å². The van der Waals surface area contributed by atoms with Crippen LogP contribution in [-0.2, 0) is 15.7 Å². The van der Waals surface area contributed by atoms with Crippen molar-refractivity contribution < 1.29 is 27.8 Å². The van der Waals surface area contributed by atoms with Crippen LogP contribution in [0, 0.1) is 0 Å². The Morgan fingerprint density at radius 1 is 1.45 bits per heavy atom. The van der Waals surface area contributed by atoms with Crippen molar-refractivity contribution in [2.24, 2.45) is 4.99 Å². The number of hydrogen-bond acceptors (Lipinski definition) is 5. The first-order chi connectivity index (χ1) is 10.3. The van der Waals surface area contributed by atoms with E-state index in [1.54, 1.807) is 6.92 Å². The van der Waals surface area contributed by atoms with Crippen LogP contribution in [0.2, 0.25) is 0 Å². The Morgan fingerprint density at radius 2 is 2.18 bits per heavy atom. The van der Waals surface area contributed by atoms with Crippen LogP contribution in [0.5, 0.6) is 0 Å². The number of aliphatic hydroxyl groups excluding tert-OH is 1. The number of halogens is 3. The highest BCUT2D eigenvalue weighted by Crippen LogP contribution is 2.33. The number of alkyl halides is 3. The van der Waals surface area contributed by atoms with E-state index >= 15 is 0 Å². The van der Waals surface area contributed by atoms with Gasteiger partial charge in [0, 0.05) is 0 Å². The first-order valence-corrected chi connectivity index (χ1v) is 7.30. The summed E-state index contributed by atoms with van der Waals surface area (Å²) >= 11 is 1.06. The maximum Gasteiger partial charge on any atom is 0.416 e. The summed E-state index contributed by atoms with van der Waals surface area (Å²) in [7, 11) is 0. The maximum atomic E-state index is 12.7. The normalized spacial score (nSPS) is 17.2. The smallest absolute Gasteiger partial charge is 0.416 e. The summed E-state index contributed by atoms with van der Waals surface area (Å²) in [4.78, 5) is 15.8. The Balaban J connectivity index is 2.35. The van der Waals surface area contributed by atoms with E-state index in [9.17, 15) is 23.1 Å². The van der Waals surface area contributed by atoms with Gasteiger partial charge in [-0.25, -0.2) is 9.79 Å². The lowest BCUT2D eigenvalue weighted by Gasteiger charge is -2.07. The van der Waals surface area contributed by atoms with E-state index < -0.39 is 17.7 Å². The fourth-order valence-corrected chi connectivity index (χ4v) is 2.70. The lowest BCUT2D eigenvalue weighted by molar-refractivity contribution is -0.138. The SMILES string of the molecule is CCOC(=O)C1=C(O)CSC1=Nc1cccc(C(F)(F)F)c1. The Labute approximate surface area is 128 Å². The summed E-state index contributed by atoms with van der Waals surface area (Å²) in [6, 6.07) is 4.44. The van der Waals surface area contributed by atoms with Crippen LogP contribution in [0.4, 0.5) is 18.9 Å². The minimum absolute atomic E-state index is 0.0498. The fraction of sp³-hybridized carbons (Fsp3) is 0.286. The average molecular weight is 331 g/mol. The van der Waals surface area contributed by atoms with Crippen LogP contribution < -0.4 is 0 Å². The first kappa shape index (κ1) is 16.4. The molecule has 0 radical (unpaired) electrons. The highest BCUT2D eigenvalue weighted by atomic mass is 32.2. The summed E-state index contributed by atoms with van der Waals surface area (Å²) in [5.74, 6) is -0.795. The van der Waals surface area contributed by atoms with Gasteiger partial charge in [0.15, 0.2) is 0 Å². The zero-order chi connectivity index (χ0) is 16.3. The van der Waals surface area contributed by atoms with Gasteiger partial charge in [-0.3, -0.25) is 0 Å². The molecule has 8 heteroatoms. The Bertz CT molecular complexity index is 653. The zero-order valence-electron chi connectivity index (χ0n) is 11.5. The number of ether oxygens (including phenoxy) is 1. The number of thioether (sulfide) groups is 1. The maximum absolute atomic E-state index is 12.7. The van der Waals surface area contributed by atoms with Crippen molar-refractivity contribution in [3.63, 3.8) is 0 Å². The first-order valence-electron chi connectivity index (χ1n) is 6.31. The van der Waals surface area contributed by atoms with Crippen molar-refractivity contribution in [1.29, 1.82) is 0 Å². The molecule has 0 atom stereocenters. The summed E-state index contributed by atoms with van der Waals surface area (Å²) < 4.78 is 42.8. The van der Waals surface area contributed by atoms with Crippen molar-refractivity contribution >= 4 is 28.5 Å². The van der Waals surface area contributed by atoms with Crippen LogP contribution in [0.3, 0.4) is 0 Å². The number of aliphatic imine (C=N–C) groups is 1. The quantitative estimate of drug-likeness (QED) is 0.855. The molecule has 0 aliphatic carbocycles. The van der Waals surface area contributed by atoms with E-state index in [4.69, 9.17) is 4.74 Å². The predicted octanol–water partition coefficient (Wildman–Crippen LogP) is 3.86. The van der Waals surface area contributed by atoms with Gasteiger partial charge in [0.25, 0.3) is 0 Å². The van der Waals surface area contributed by atoms with Gasteiger partial charge in [-0.05, 0) is 25.1 Å². The Morgan fingerprint density at radius 3 is 2.82 bits per heavy atom. The second-order valence-electron chi connectivity index (χ2n) is 4.30. The van der Waals surface area contributed by atoms with Crippen molar-refractivity contribution in [2.45, 2.75) is 13.1 Å². The molecule has 4 nitrogen and oxygen atoms in total. The van der Waals surface area contributed by atoms with Crippen LogP contribution in [0.25, 0.3) is 0 Å². The Hall–Kier alpha value is -1.96. The van der Waals surface area contributed by atoms with E-state index in [1.807, 2.05) is 0 Å². The van der Waals surface area contributed by atoms with E-state index in [2.05, 4.69) is 4.99 Å². The minimum atomic E-state index is -4.47. The molecule has 0 bridgehead atoms. The monoisotopic (exact) mass is 331 g/mol. The second-order valence-corrected chi connectivity index (χ2v) is 5.26. The molecule has 1 aromatic carbocycles. The van der Waals surface area contributed by atoms with Gasteiger partial charge in [-0.2, -0.15) is 13.2 Å². The molecule has 118 valence electrons. The third-order valence-electron chi connectivity index (χ3n) is 2.73. The van der Waals surface area contributed by atoms with E-state index in [-0.39, 0.29) is 34.4 Å². The summed E-state index contributed by atoms with van der Waals surface area (Å²) in [5, 5.41) is 9.86. The molecular weight excluding hydrogens is 319 g/mol. The molecular formula is C14H12F3NO3S. The largest absolute Gasteiger partial charge is 0.510 e. The van der Waals surface area contributed by atoms with Gasteiger partial charge in [0.2, 0.25) is 0 Å². The molecule has 1 heterocycles. The van der Waals surface area contributed by atoms with E-state index in [1.165, 1.54) is 12.1 Å². The minimum Gasteiger partial charge on any atom is -0.510 e. The van der Waals surface area contributed by atoms with Gasteiger partial charge in [0.05, 0.1) is 23.6 Å². The number of aliphatic hydroxyl groups is 1. The molecule has 1 aliphatic rings. The topological polar surface area (TPSA) is 58.9 Å². The van der Waals surface area contributed by atoms with Crippen molar-refractivity contribution in [2.75, 3.05) is 12.4 Å². The van der Waals surface area contributed by atoms with Crippen LogP contribution in [0.15, 0.2) is 40.6 Å². The molecule has 0 saturated carbocycles. The van der Waals surface area contributed by atoms with Gasteiger partial charge < -0.3 is 9.84 Å². The van der Waals surface area contributed by atoms with Crippen LogP contribution >= 0.6 is 11.8 Å². The molecule has 0 fully saturated rings. The van der Waals surface area contributed by atoms with Crippen molar-refractivity contribution in [3.8, 4) is 0 Å². The Kier molecular flexibility index (Phi) is 4.80. The molecule has 0 spiro atoms. The number of nitrogens with zero attached hydrogens (tertiary/aromatic N) is 1. The summed E-state index contributed by atoms with van der Waals surface area (Å²) in [5.41, 5.74) is -0.874. The number of carbonyl (C=O) groups excluding carboxylic acids is 1. The van der Waals surface area contributed by atoms with Gasteiger partial charge >= 0.3 is 12.1 Å². The van der Waals surface area contributed by atoms with E-state index in [0.717, 1.165) is 23.9 Å². The van der Waals surface area contributed by atoms with Gasteiger partial charge in [-0.1, -0.05) is 17.8 Å². The summed E-state index contributed by atoms with van der Waals surface area (Å²) in [6.07, 6.45) is -4.47. The third-order valence-corrected chi connectivity index (χ3v) is 3.72. The molecule has 1 N–H and O–H groups in total. The molecule has 0 unspecified atom stereocenters. The van der Waals surface area contributed by atoms with Crippen LogP contribution in [0.1, 0.15) is 12.5 Å². The van der Waals surface area contributed by atoms with Gasteiger partial charge in [0.1, 0.15) is 16.4 Å². The predicted molar refractivity (Wildman–Crippen MR) is 77.3 cm³/mol. The molecule has 0 amide bonds. The molecule has 1 aromatic rings. The highest BCUT2D eigenvalue weighted by Gasteiger charge is 2.31. The molecule has 1 aliphatic heterocycles. The second kappa shape index (κ2) is 6.43. The average Bonchev–Trinajstić information content (AvgIpc) is 2.79. The van der Waals surface area contributed by atoms with E-state index in [0.29, 0.717) is 0 Å². The third kappa shape index (κ3) is 3.62. The lowest BCUT2D eigenvalue weighted by atomic mass is 10.2. The highest BCUT2D eigenvalue weighted by molar-refractivity contribution is 8.15.